The fourth-order valence-corrected chi connectivity index (χ4v) is 2.77. The molecule has 1 aromatic heterocycles. The first-order valence-electron chi connectivity index (χ1n) is 5.83. The van der Waals surface area contributed by atoms with Gasteiger partial charge in [-0.05, 0) is 30.7 Å². The molecule has 104 valence electrons. The molecule has 1 aromatic carbocycles. The van der Waals surface area contributed by atoms with E-state index in [4.69, 9.17) is 16.7 Å². The number of halogens is 1. The van der Waals surface area contributed by atoms with Gasteiger partial charge in [0, 0.05) is 9.90 Å². The largest absolute Gasteiger partial charge is 0.478 e. The van der Waals surface area contributed by atoms with Gasteiger partial charge in [0.05, 0.1) is 12.0 Å². The van der Waals surface area contributed by atoms with Gasteiger partial charge < -0.3 is 10.4 Å². The Morgan fingerprint density at radius 1 is 1.30 bits per heavy atom. The normalized spacial score (nSPS) is 10.3. The number of aryl methyl sites for hydroxylation is 1. The lowest BCUT2D eigenvalue weighted by molar-refractivity contribution is -0.115. The fraction of sp³-hybridized carbons (Fsp3) is 0.143. The Balaban J connectivity index is 2.08. The van der Waals surface area contributed by atoms with E-state index in [1.807, 2.05) is 0 Å². The lowest BCUT2D eigenvalue weighted by Crippen LogP contribution is -2.15. The van der Waals surface area contributed by atoms with E-state index in [2.05, 4.69) is 5.32 Å². The van der Waals surface area contributed by atoms with Crippen LogP contribution in [-0.4, -0.2) is 17.0 Å². The van der Waals surface area contributed by atoms with Gasteiger partial charge in [-0.15, -0.1) is 11.3 Å². The number of carboxylic acid groups (broad SMARTS) is 1. The molecule has 0 atom stereocenters. The van der Waals surface area contributed by atoms with E-state index in [-0.39, 0.29) is 17.9 Å². The Morgan fingerprint density at radius 3 is 2.55 bits per heavy atom. The van der Waals surface area contributed by atoms with Crippen molar-refractivity contribution in [2.75, 3.05) is 5.32 Å². The number of anilines is 1. The number of carbonyl (C=O) groups excluding carboxylic acids is 1. The van der Waals surface area contributed by atoms with Gasteiger partial charge in [-0.2, -0.15) is 0 Å². The van der Waals surface area contributed by atoms with Crippen LogP contribution >= 0.6 is 22.9 Å². The molecule has 0 saturated heterocycles. The molecule has 0 aliphatic carbocycles. The predicted octanol–water partition coefficient (Wildman–Crippen LogP) is 3.59. The molecule has 1 amide bonds. The second-order valence-electron chi connectivity index (χ2n) is 4.26. The summed E-state index contributed by atoms with van der Waals surface area (Å²) >= 11 is 7.02. The van der Waals surface area contributed by atoms with Crippen molar-refractivity contribution in [1.29, 1.82) is 0 Å². The maximum absolute atomic E-state index is 11.9. The fourth-order valence-electron chi connectivity index (χ4n) is 1.72. The van der Waals surface area contributed by atoms with Gasteiger partial charge in [0.25, 0.3) is 0 Å². The van der Waals surface area contributed by atoms with Gasteiger partial charge in [0.15, 0.2) is 0 Å². The number of hydrogen-bond donors (Lipinski definition) is 2. The van der Waals surface area contributed by atoms with E-state index in [1.165, 1.54) is 11.3 Å². The maximum Gasteiger partial charge on any atom is 0.338 e. The van der Waals surface area contributed by atoms with Crippen LogP contribution < -0.4 is 5.32 Å². The topological polar surface area (TPSA) is 66.4 Å². The summed E-state index contributed by atoms with van der Waals surface area (Å²) in [7, 11) is 0. The molecule has 0 saturated carbocycles. The van der Waals surface area contributed by atoms with Crippen LogP contribution in [0, 0.1) is 6.92 Å². The number of thiophene rings is 1. The van der Waals surface area contributed by atoms with Crippen molar-refractivity contribution in [2.45, 2.75) is 13.3 Å². The molecule has 2 N–H and O–H groups in total. The molecule has 0 unspecified atom stereocenters. The zero-order valence-electron chi connectivity index (χ0n) is 10.6. The minimum Gasteiger partial charge on any atom is -0.478 e. The van der Waals surface area contributed by atoms with E-state index >= 15 is 0 Å². The molecule has 0 aliphatic heterocycles. The Bertz CT molecular complexity index is 649. The van der Waals surface area contributed by atoms with Crippen LogP contribution in [0.5, 0.6) is 0 Å². The van der Waals surface area contributed by atoms with Gasteiger partial charge >= 0.3 is 5.97 Å². The van der Waals surface area contributed by atoms with Crippen molar-refractivity contribution in [3.8, 4) is 0 Å². The highest BCUT2D eigenvalue weighted by atomic mass is 35.5. The van der Waals surface area contributed by atoms with Crippen molar-refractivity contribution >= 4 is 39.8 Å². The van der Waals surface area contributed by atoms with Gasteiger partial charge in [-0.3, -0.25) is 4.79 Å². The SMILES string of the molecule is Cc1cc(C(=O)O)c(NC(=O)Cc2ccc(Cl)cc2)s1. The molecule has 2 aromatic rings. The number of hydrogen-bond acceptors (Lipinski definition) is 3. The van der Waals surface area contributed by atoms with Gasteiger partial charge in [-0.1, -0.05) is 23.7 Å². The van der Waals surface area contributed by atoms with Crippen molar-refractivity contribution < 1.29 is 14.7 Å². The Hall–Kier alpha value is -1.85. The molecule has 20 heavy (non-hydrogen) atoms. The first-order valence-corrected chi connectivity index (χ1v) is 7.03. The molecule has 0 fully saturated rings. The Morgan fingerprint density at radius 2 is 1.95 bits per heavy atom. The van der Waals surface area contributed by atoms with E-state index in [0.29, 0.717) is 10.0 Å². The number of carboxylic acids is 1. The molecule has 0 bridgehead atoms. The Kier molecular flexibility index (Phi) is 4.42. The standard InChI is InChI=1S/C14H12ClNO3S/c1-8-6-11(14(18)19)13(20-8)16-12(17)7-9-2-4-10(15)5-3-9/h2-6H,7H2,1H3,(H,16,17)(H,18,19). The van der Waals surface area contributed by atoms with Crippen molar-refractivity contribution in [2.24, 2.45) is 0 Å². The number of nitrogens with one attached hydrogen (secondary N) is 1. The van der Waals surface area contributed by atoms with E-state index in [1.54, 1.807) is 37.3 Å². The monoisotopic (exact) mass is 309 g/mol. The summed E-state index contributed by atoms with van der Waals surface area (Å²) in [6.45, 7) is 1.80. The average Bonchev–Trinajstić information content (AvgIpc) is 2.73. The third kappa shape index (κ3) is 3.59. The third-order valence-electron chi connectivity index (χ3n) is 2.62. The Labute approximate surface area is 125 Å². The van der Waals surface area contributed by atoms with Crippen LogP contribution in [0.4, 0.5) is 5.00 Å². The van der Waals surface area contributed by atoms with Crippen LogP contribution in [0.1, 0.15) is 20.8 Å². The zero-order chi connectivity index (χ0) is 14.7. The summed E-state index contributed by atoms with van der Waals surface area (Å²) < 4.78 is 0. The number of rotatable bonds is 4. The molecule has 0 radical (unpaired) electrons. The van der Waals surface area contributed by atoms with Crippen molar-refractivity contribution in [3.05, 3.63) is 51.4 Å². The summed E-state index contributed by atoms with van der Waals surface area (Å²) in [5.74, 6) is -1.30. The number of aromatic carboxylic acids is 1. The molecule has 2 rings (SSSR count). The summed E-state index contributed by atoms with van der Waals surface area (Å²) in [5, 5.41) is 12.7. The minimum atomic E-state index is -1.05. The van der Waals surface area contributed by atoms with Crippen molar-refractivity contribution in [3.63, 3.8) is 0 Å². The second-order valence-corrected chi connectivity index (χ2v) is 5.95. The molecular weight excluding hydrogens is 298 g/mol. The van der Waals surface area contributed by atoms with E-state index in [0.717, 1.165) is 10.4 Å². The second kappa shape index (κ2) is 6.07. The number of benzene rings is 1. The summed E-state index contributed by atoms with van der Waals surface area (Å²) in [6, 6.07) is 8.49. The first-order chi connectivity index (χ1) is 9.45. The average molecular weight is 310 g/mol. The molecule has 6 heteroatoms. The predicted molar refractivity (Wildman–Crippen MR) is 79.8 cm³/mol. The van der Waals surface area contributed by atoms with Crippen LogP contribution in [0.15, 0.2) is 30.3 Å². The van der Waals surface area contributed by atoms with Gasteiger partial charge in [0.1, 0.15) is 5.00 Å². The highest BCUT2D eigenvalue weighted by molar-refractivity contribution is 7.16. The molecule has 0 spiro atoms. The quantitative estimate of drug-likeness (QED) is 0.907. The minimum absolute atomic E-state index is 0.122. The first kappa shape index (κ1) is 14.6. The van der Waals surface area contributed by atoms with Crippen LogP contribution in [-0.2, 0) is 11.2 Å². The van der Waals surface area contributed by atoms with Gasteiger partial charge in [-0.25, -0.2) is 4.79 Å². The lowest BCUT2D eigenvalue weighted by atomic mass is 10.1. The van der Waals surface area contributed by atoms with Crippen LogP contribution in [0.25, 0.3) is 0 Å². The lowest BCUT2D eigenvalue weighted by Gasteiger charge is -2.04. The number of amides is 1. The summed E-state index contributed by atoms with van der Waals surface area (Å²) in [6.07, 6.45) is 0.174. The summed E-state index contributed by atoms with van der Waals surface area (Å²) in [4.78, 5) is 23.8. The van der Waals surface area contributed by atoms with E-state index < -0.39 is 5.97 Å². The highest BCUT2D eigenvalue weighted by Crippen LogP contribution is 2.27. The summed E-state index contributed by atoms with van der Waals surface area (Å²) in [5.41, 5.74) is 0.939. The van der Waals surface area contributed by atoms with E-state index in [9.17, 15) is 9.59 Å². The number of carbonyl (C=O) groups is 2. The smallest absolute Gasteiger partial charge is 0.338 e. The van der Waals surface area contributed by atoms with Gasteiger partial charge in [0.2, 0.25) is 5.91 Å². The highest BCUT2D eigenvalue weighted by Gasteiger charge is 2.16. The van der Waals surface area contributed by atoms with Crippen LogP contribution in [0.3, 0.4) is 0 Å². The molecule has 4 nitrogen and oxygen atoms in total. The molecule has 1 heterocycles. The maximum atomic E-state index is 11.9. The third-order valence-corrected chi connectivity index (χ3v) is 3.83. The molecule has 0 aliphatic rings. The van der Waals surface area contributed by atoms with Crippen LogP contribution in [0.2, 0.25) is 5.02 Å². The van der Waals surface area contributed by atoms with Crippen molar-refractivity contribution in [1.82, 2.24) is 0 Å². The molecular formula is C14H12ClNO3S. The zero-order valence-corrected chi connectivity index (χ0v) is 12.2.